The van der Waals surface area contributed by atoms with Gasteiger partial charge in [0.05, 0.1) is 0 Å². The summed E-state index contributed by atoms with van der Waals surface area (Å²) in [7, 11) is 0. The predicted octanol–water partition coefficient (Wildman–Crippen LogP) is 3.22. The molecule has 1 aromatic rings. The Hall–Kier alpha value is -0.570. The van der Waals surface area contributed by atoms with Gasteiger partial charge in [0, 0.05) is 17.6 Å². The molecule has 1 aromatic carbocycles. The van der Waals surface area contributed by atoms with Crippen molar-refractivity contribution in [3.8, 4) is 0 Å². The van der Waals surface area contributed by atoms with Crippen LogP contribution in [0.4, 0.5) is 0 Å². The second-order valence-corrected chi connectivity index (χ2v) is 5.55. The highest BCUT2D eigenvalue weighted by molar-refractivity contribution is 6.31. The van der Waals surface area contributed by atoms with Gasteiger partial charge in [-0.15, -0.1) is 0 Å². The minimum Gasteiger partial charge on any atom is -0.317 e. The van der Waals surface area contributed by atoms with E-state index in [1.54, 1.807) is 0 Å². The van der Waals surface area contributed by atoms with Gasteiger partial charge in [-0.05, 0) is 56.6 Å². The lowest BCUT2D eigenvalue weighted by Gasteiger charge is -2.34. The van der Waals surface area contributed by atoms with Crippen LogP contribution in [0.25, 0.3) is 0 Å². The average Bonchev–Trinajstić information content (AvgIpc) is 2.39. The fourth-order valence-electron chi connectivity index (χ4n) is 2.67. The van der Waals surface area contributed by atoms with Crippen molar-refractivity contribution in [1.82, 2.24) is 10.2 Å². The standard InChI is InChI=1S/C15H23ClN2/c1-3-18(14-6-8-17-9-7-14)11-13-5-4-12(2)10-15(13)16/h4-5,10,14,17H,3,6-9,11H2,1-2H3. The number of hydrogen-bond donors (Lipinski definition) is 1. The summed E-state index contributed by atoms with van der Waals surface area (Å²) < 4.78 is 0. The molecular formula is C15H23ClN2. The van der Waals surface area contributed by atoms with E-state index in [0.717, 1.165) is 31.2 Å². The number of halogens is 1. The second kappa shape index (κ2) is 6.55. The van der Waals surface area contributed by atoms with Crippen molar-refractivity contribution in [3.63, 3.8) is 0 Å². The molecule has 2 nitrogen and oxygen atoms in total. The third-order valence-corrected chi connectivity index (χ3v) is 4.17. The van der Waals surface area contributed by atoms with Gasteiger partial charge in [-0.25, -0.2) is 0 Å². The maximum atomic E-state index is 6.33. The highest BCUT2D eigenvalue weighted by Gasteiger charge is 2.20. The summed E-state index contributed by atoms with van der Waals surface area (Å²) >= 11 is 6.33. The molecule has 1 fully saturated rings. The van der Waals surface area contributed by atoms with Crippen LogP contribution in [0.1, 0.15) is 30.9 Å². The van der Waals surface area contributed by atoms with Gasteiger partial charge in [-0.3, -0.25) is 4.90 Å². The highest BCUT2D eigenvalue weighted by Crippen LogP contribution is 2.22. The van der Waals surface area contributed by atoms with Gasteiger partial charge >= 0.3 is 0 Å². The van der Waals surface area contributed by atoms with E-state index < -0.39 is 0 Å². The van der Waals surface area contributed by atoms with Crippen LogP contribution in [0, 0.1) is 6.92 Å². The second-order valence-electron chi connectivity index (χ2n) is 5.14. The Kier molecular flexibility index (Phi) is 5.04. The lowest BCUT2D eigenvalue weighted by atomic mass is 10.0. The fraction of sp³-hybridized carbons (Fsp3) is 0.600. The number of rotatable bonds is 4. The smallest absolute Gasteiger partial charge is 0.0453 e. The van der Waals surface area contributed by atoms with Gasteiger partial charge in [0.25, 0.3) is 0 Å². The summed E-state index contributed by atoms with van der Waals surface area (Å²) in [4.78, 5) is 2.55. The Morgan fingerprint density at radius 2 is 2.06 bits per heavy atom. The van der Waals surface area contributed by atoms with E-state index in [1.807, 2.05) is 0 Å². The molecule has 0 amide bonds. The first kappa shape index (κ1) is 13.9. The topological polar surface area (TPSA) is 15.3 Å². The van der Waals surface area contributed by atoms with Crippen molar-refractivity contribution in [2.45, 2.75) is 39.3 Å². The van der Waals surface area contributed by atoms with Gasteiger partial charge in [0.1, 0.15) is 0 Å². The fourth-order valence-corrected chi connectivity index (χ4v) is 2.97. The molecule has 3 heteroatoms. The van der Waals surface area contributed by atoms with E-state index in [-0.39, 0.29) is 0 Å². The summed E-state index contributed by atoms with van der Waals surface area (Å²) in [6.45, 7) is 8.67. The number of hydrogen-bond acceptors (Lipinski definition) is 2. The summed E-state index contributed by atoms with van der Waals surface area (Å²) in [5.74, 6) is 0. The maximum Gasteiger partial charge on any atom is 0.0453 e. The molecule has 1 aliphatic heterocycles. The molecule has 1 aliphatic rings. The van der Waals surface area contributed by atoms with Crippen LogP contribution in [0.15, 0.2) is 18.2 Å². The molecule has 0 saturated carbocycles. The first-order valence-electron chi connectivity index (χ1n) is 6.90. The molecule has 0 unspecified atom stereocenters. The number of benzene rings is 1. The van der Waals surface area contributed by atoms with Crippen LogP contribution in [0.5, 0.6) is 0 Å². The van der Waals surface area contributed by atoms with Gasteiger partial charge < -0.3 is 5.32 Å². The Balaban J connectivity index is 2.04. The lowest BCUT2D eigenvalue weighted by Crippen LogP contribution is -2.42. The summed E-state index contributed by atoms with van der Waals surface area (Å²) in [5, 5.41) is 4.33. The van der Waals surface area contributed by atoms with Gasteiger partial charge in [-0.1, -0.05) is 30.7 Å². The van der Waals surface area contributed by atoms with E-state index in [9.17, 15) is 0 Å². The number of nitrogens with zero attached hydrogens (tertiary/aromatic N) is 1. The van der Waals surface area contributed by atoms with Crippen LogP contribution >= 0.6 is 11.6 Å². The van der Waals surface area contributed by atoms with Crippen LogP contribution < -0.4 is 5.32 Å². The highest BCUT2D eigenvalue weighted by atomic mass is 35.5. The van der Waals surface area contributed by atoms with Crippen molar-refractivity contribution in [2.24, 2.45) is 0 Å². The van der Waals surface area contributed by atoms with Gasteiger partial charge in [-0.2, -0.15) is 0 Å². The molecular weight excluding hydrogens is 244 g/mol. The summed E-state index contributed by atoms with van der Waals surface area (Å²) in [5.41, 5.74) is 2.48. The molecule has 2 rings (SSSR count). The Morgan fingerprint density at radius 1 is 1.33 bits per heavy atom. The van der Waals surface area contributed by atoms with Crippen molar-refractivity contribution in [2.75, 3.05) is 19.6 Å². The number of aryl methyl sites for hydroxylation is 1. The van der Waals surface area contributed by atoms with Gasteiger partial charge in [0.15, 0.2) is 0 Å². The monoisotopic (exact) mass is 266 g/mol. The first-order valence-corrected chi connectivity index (χ1v) is 7.28. The maximum absolute atomic E-state index is 6.33. The first-order chi connectivity index (χ1) is 8.70. The molecule has 0 spiro atoms. The third kappa shape index (κ3) is 3.47. The van der Waals surface area contributed by atoms with Crippen molar-refractivity contribution < 1.29 is 0 Å². The van der Waals surface area contributed by atoms with E-state index >= 15 is 0 Å². The van der Waals surface area contributed by atoms with Crippen LogP contribution in [0.2, 0.25) is 5.02 Å². The largest absolute Gasteiger partial charge is 0.317 e. The number of nitrogens with one attached hydrogen (secondary N) is 1. The van der Waals surface area contributed by atoms with E-state index in [2.05, 4.69) is 42.3 Å². The normalized spacial score (nSPS) is 17.3. The lowest BCUT2D eigenvalue weighted by molar-refractivity contribution is 0.162. The van der Waals surface area contributed by atoms with E-state index in [0.29, 0.717) is 6.04 Å². The van der Waals surface area contributed by atoms with Crippen LogP contribution in [-0.2, 0) is 6.54 Å². The molecule has 18 heavy (non-hydrogen) atoms. The quantitative estimate of drug-likeness (QED) is 0.900. The predicted molar refractivity (Wildman–Crippen MR) is 78.2 cm³/mol. The molecule has 0 atom stereocenters. The molecule has 0 radical (unpaired) electrons. The Bertz CT molecular complexity index is 386. The molecule has 100 valence electrons. The van der Waals surface area contributed by atoms with Crippen molar-refractivity contribution in [1.29, 1.82) is 0 Å². The Morgan fingerprint density at radius 3 is 2.67 bits per heavy atom. The van der Waals surface area contributed by atoms with Crippen molar-refractivity contribution >= 4 is 11.6 Å². The third-order valence-electron chi connectivity index (χ3n) is 3.81. The molecule has 1 heterocycles. The molecule has 0 aromatic heterocycles. The van der Waals surface area contributed by atoms with Crippen molar-refractivity contribution in [3.05, 3.63) is 34.3 Å². The zero-order chi connectivity index (χ0) is 13.0. The SMILES string of the molecule is CCN(Cc1ccc(C)cc1Cl)C1CCNCC1. The minimum absolute atomic E-state index is 0.702. The molecule has 0 bridgehead atoms. The zero-order valence-electron chi connectivity index (χ0n) is 11.4. The van der Waals surface area contributed by atoms with Crippen LogP contribution in [0.3, 0.4) is 0 Å². The zero-order valence-corrected chi connectivity index (χ0v) is 12.1. The van der Waals surface area contributed by atoms with E-state index in [1.165, 1.54) is 24.0 Å². The molecule has 1 N–H and O–H groups in total. The van der Waals surface area contributed by atoms with Crippen LogP contribution in [-0.4, -0.2) is 30.6 Å². The van der Waals surface area contributed by atoms with E-state index in [4.69, 9.17) is 11.6 Å². The summed E-state index contributed by atoms with van der Waals surface area (Å²) in [6, 6.07) is 7.08. The summed E-state index contributed by atoms with van der Waals surface area (Å²) in [6.07, 6.45) is 2.49. The minimum atomic E-state index is 0.702. The molecule has 0 aliphatic carbocycles. The Labute approximate surface area is 115 Å². The molecule has 1 saturated heterocycles. The van der Waals surface area contributed by atoms with Gasteiger partial charge in [0.2, 0.25) is 0 Å². The number of piperidine rings is 1. The average molecular weight is 267 g/mol.